The molecule has 0 aliphatic carbocycles. The minimum atomic E-state index is -0.363. The van der Waals surface area contributed by atoms with Crippen LogP contribution in [0.1, 0.15) is 12.5 Å². The molecule has 1 rings (SSSR count). The van der Waals surface area contributed by atoms with Crippen molar-refractivity contribution in [2.45, 2.75) is 12.8 Å². The van der Waals surface area contributed by atoms with E-state index in [-0.39, 0.29) is 11.7 Å². The maximum absolute atomic E-state index is 12.9. The lowest BCUT2D eigenvalue weighted by Crippen LogP contribution is -2.24. The second-order valence-corrected chi connectivity index (χ2v) is 3.66. The Morgan fingerprint density at radius 3 is 2.94 bits per heavy atom. The van der Waals surface area contributed by atoms with Crippen LogP contribution < -0.4 is 4.90 Å². The number of halogens is 2. The standard InChI is InChI=1S/C11H16ClFN2O/c1-3-16-5-4-15(2)11-9(7-12)6-10(13)8-14-11/h6,8H,3-5,7H2,1-2H3. The molecule has 16 heavy (non-hydrogen) atoms. The van der Waals surface area contributed by atoms with Gasteiger partial charge in [0.15, 0.2) is 0 Å². The van der Waals surface area contributed by atoms with Crippen LogP contribution in [-0.4, -0.2) is 31.8 Å². The molecule has 0 bridgehead atoms. The molecule has 0 fully saturated rings. The fourth-order valence-electron chi connectivity index (χ4n) is 1.37. The van der Waals surface area contributed by atoms with Crippen molar-refractivity contribution in [1.29, 1.82) is 0 Å². The molecule has 0 amide bonds. The number of anilines is 1. The molecule has 90 valence electrons. The van der Waals surface area contributed by atoms with Crippen LogP contribution >= 0.6 is 11.6 Å². The smallest absolute Gasteiger partial charge is 0.141 e. The Labute approximate surface area is 100 Å². The highest BCUT2D eigenvalue weighted by Gasteiger charge is 2.09. The highest BCUT2D eigenvalue weighted by molar-refractivity contribution is 6.17. The van der Waals surface area contributed by atoms with E-state index in [1.165, 1.54) is 12.3 Å². The van der Waals surface area contributed by atoms with E-state index in [0.29, 0.717) is 31.1 Å². The number of likely N-dealkylation sites (N-methyl/N-ethyl adjacent to an activating group) is 1. The van der Waals surface area contributed by atoms with Crippen LogP contribution in [0.2, 0.25) is 0 Å². The molecule has 0 saturated carbocycles. The number of pyridine rings is 1. The van der Waals surface area contributed by atoms with Gasteiger partial charge in [-0.1, -0.05) is 0 Å². The van der Waals surface area contributed by atoms with E-state index in [2.05, 4.69) is 4.98 Å². The highest BCUT2D eigenvalue weighted by Crippen LogP contribution is 2.18. The van der Waals surface area contributed by atoms with Gasteiger partial charge in [-0.15, -0.1) is 11.6 Å². The first kappa shape index (κ1) is 13.2. The summed E-state index contributed by atoms with van der Waals surface area (Å²) >= 11 is 5.74. The van der Waals surface area contributed by atoms with Crippen molar-refractivity contribution in [1.82, 2.24) is 4.98 Å². The topological polar surface area (TPSA) is 25.4 Å². The van der Waals surface area contributed by atoms with E-state index in [1.54, 1.807) is 0 Å². The molecule has 0 aliphatic rings. The number of hydrogen-bond acceptors (Lipinski definition) is 3. The first-order valence-corrected chi connectivity index (χ1v) is 5.71. The second-order valence-electron chi connectivity index (χ2n) is 3.39. The number of hydrogen-bond donors (Lipinski definition) is 0. The van der Waals surface area contributed by atoms with Crippen molar-refractivity contribution in [3.63, 3.8) is 0 Å². The fourth-order valence-corrected chi connectivity index (χ4v) is 1.56. The molecule has 0 N–H and O–H groups in total. The minimum absolute atomic E-state index is 0.249. The van der Waals surface area contributed by atoms with Crippen LogP contribution in [0.4, 0.5) is 10.2 Å². The molecular formula is C11H16ClFN2O. The Morgan fingerprint density at radius 2 is 2.31 bits per heavy atom. The van der Waals surface area contributed by atoms with E-state index < -0.39 is 0 Å². The highest BCUT2D eigenvalue weighted by atomic mass is 35.5. The number of ether oxygens (including phenoxy) is 1. The molecule has 1 aromatic rings. The largest absolute Gasteiger partial charge is 0.380 e. The summed E-state index contributed by atoms with van der Waals surface area (Å²) in [7, 11) is 1.88. The summed E-state index contributed by atoms with van der Waals surface area (Å²) in [6.07, 6.45) is 1.20. The molecule has 0 unspecified atom stereocenters. The van der Waals surface area contributed by atoms with Crippen LogP contribution in [0.3, 0.4) is 0 Å². The number of aromatic nitrogens is 1. The van der Waals surface area contributed by atoms with Crippen molar-refractivity contribution < 1.29 is 9.13 Å². The summed E-state index contributed by atoms with van der Waals surface area (Å²) in [5, 5.41) is 0. The van der Waals surface area contributed by atoms with Crippen molar-refractivity contribution in [2.75, 3.05) is 31.7 Å². The average molecular weight is 247 g/mol. The summed E-state index contributed by atoms with van der Waals surface area (Å²) in [5.41, 5.74) is 0.695. The summed E-state index contributed by atoms with van der Waals surface area (Å²) in [6.45, 7) is 3.96. The van der Waals surface area contributed by atoms with Gasteiger partial charge < -0.3 is 9.64 Å². The van der Waals surface area contributed by atoms with Gasteiger partial charge in [-0.2, -0.15) is 0 Å². The van der Waals surface area contributed by atoms with Crippen LogP contribution in [-0.2, 0) is 10.6 Å². The van der Waals surface area contributed by atoms with Gasteiger partial charge in [-0.05, 0) is 13.0 Å². The van der Waals surface area contributed by atoms with Gasteiger partial charge in [0, 0.05) is 25.8 Å². The van der Waals surface area contributed by atoms with E-state index in [1.807, 2.05) is 18.9 Å². The third kappa shape index (κ3) is 3.61. The summed E-state index contributed by atoms with van der Waals surface area (Å²) < 4.78 is 18.2. The lowest BCUT2D eigenvalue weighted by Gasteiger charge is -2.20. The van der Waals surface area contributed by atoms with Gasteiger partial charge in [-0.3, -0.25) is 0 Å². The van der Waals surface area contributed by atoms with Crippen molar-refractivity contribution >= 4 is 17.4 Å². The first-order chi connectivity index (χ1) is 7.69. The van der Waals surface area contributed by atoms with Crippen molar-refractivity contribution in [3.05, 3.63) is 23.6 Å². The Morgan fingerprint density at radius 1 is 1.56 bits per heavy atom. The fraction of sp³-hybridized carbons (Fsp3) is 0.545. The Bertz CT molecular complexity index is 336. The molecule has 1 heterocycles. The van der Waals surface area contributed by atoms with E-state index in [4.69, 9.17) is 16.3 Å². The van der Waals surface area contributed by atoms with Crippen molar-refractivity contribution in [3.8, 4) is 0 Å². The Kier molecular flexibility index (Phi) is 5.49. The molecule has 0 aromatic carbocycles. The monoisotopic (exact) mass is 246 g/mol. The van der Waals surface area contributed by atoms with E-state index in [9.17, 15) is 4.39 Å². The lowest BCUT2D eigenvalue weighted by atomic mass is 10.2. The second kappa shape index (κ2) is 6.66. The molecule has 1 aromatic heterocycles. The number of rotatable bonds is 6. The molecule has 5 heteroatoms. The molecule has 0 spiro atoms. The normalized spacial score (nSPS) is 10.5. The summed E-state index contributed by atoms with van der Waals surface area (Å²) in [4.78, 5) is 5.95. The third-order valence-electron chi connectivity index (χ3n) is 2.19. The van der Waals surface area contributed by atoms with Gasteiger partial charge in [0.25, 0.3) is 0 Å². The zero-order valence-corrected chi connectivity index (χ0v) is 10.3. The summed E-state index contributed by atoms with van der Waals surface area (Å²) in [6, 6.07) is 1.41. The zero-order valence-electron chi connectivity index (χ0n) is 9.54. The van der Waals surface area contributed by atoms with Gasteiger partial charge in [-0.25, -0.2) is 9.37 Å². The predicted octanol–water partition coefficient (Wildman–Crippen LogP) is 2.43. The number of alkyl halides is 1. The van der Waals surface area contributed by atoms with Gasteiger partial charge in [0.1, 0.15) is 11.6 Å². The van der Waals surface area contributed by atoms with Crippen LogP contribution in [0.25, 0.3) is 0 Å². The quantitative estimate of drug-likeness (QED) is 0.570. The summed E-state index contributed by atoms with van der Waals surface area (Å²) in [5.74, 6) is 0.590. The third-order valence-corrected chi connectivity index (χ3v) is 2.48. The SMILES string of the molecule is CCOCCN(C)c1ncc(F)cc1CCl. The van der Waals surface area contributed by atoms with Crippen LogP contribution in [0.15, 0.2) is 12.3 Å². The van der Waals surface area contributed by atoms with E-state index in [0.717, 1.165) is 0 Å². The molecule has 0 radical (unpaired) electrons. The van der Waals surface area contributed by atoms with E-state index >= 15 is 0 Å². The minimum Gasteiger partial charge on any atom is -0.380 e. The van der Waals surface area contributed by atoms with Gasteiger partial charge in [0.2, 0.25) is 0 Å². The predicted molar refractivity (Wildman–Crippen MR) is 63.5 cm³/mol. The van der Waals surface area contributed by atoms with Gasteiger partial charge >= 0.3 is 0 Å². The van der Waals surface area contributed by atoms with Crippen LogP contribution in [0.5, 0.6) is 0 Å². The maximum atomic E-state index is 12.9. The molecule has 0 atom stereocenters. The lowest BCUT2D eigenvalue weighted by molar-refractivity contribution is 0.154. The van der Waals surface area contributed by atoms with Crippen LogP contribution in [0, 0.1) is 5.82 Å². The van der Waals surface area contributed by atoms with Crippen molar-refractivity contribution in [2.24, 2.45) is 0 Å². The Balaban J connectivity index is 2.70. The Hall–Kier alpha value is -0.870. The maximum Gasteiger partial charge on any atom is 0.141 e. The first-order valence-electron chi connectivity index (χ1n) is 5.18. The molecule has 0 saturated heterocycles. The average Bonchev–Trinajstić information content (AvgIpc) is 2.29. The molecule has 0 aliphatic heterocycles. The number of nitrogens with zero attached hydrogens (tertiary/aromatic N) is 2. The van der Waals surface area contributed by atoms with Gasteiger partial charge in [0.05, 0.1) is 18.7 Å². The zero-order chi connectivity index (χ0) is 12.0. The molecule has 3 nitrogen and oxygen atoms in total. The molecular weight excluding hydrogens is 231 g/mol.